The summed E-state index contributed by atoms with van der Waals surface area (Å²) in [4.78, 5) is 2.09. The van der Waals surface area contributed by atoms with Crippen molar-refractivity contribution >= 4 is 5.69 Å². The summed E-state index contributed by atoms with van der Waals surface area (Å²) in [7, 11) is 0. The molecule has 1 aromatic rings. The molecule has 0 saturated heterocycles. The Morgan fingerprint density at radius 1 is 1.33 bits per heavy atom. The number of aliphatic hydroxyl groups excluding tert-OH is 1. The van der Waals surface area contributed by atoms with Crippen molar-refractivity contribution in [1.29, 1.82) is 0 Å². The van der Waals surface area contributed by atoms with Crippen LogP contribution in [0.25, 0.3) is 0 Å². The maximum absolute atomic E-state index is 14.1. The molecule has 0 unspecified atom stereocenters. The Morgan fingerprint density at radius 2 is 2.00 bits per heavy atom. The van der Waals surface area contributed by atoms with Gasteiger partial charge in [0.15, 0.2) is 0 Å². The molecule has 0 aromatic heterocycles. The van der Waals surface area contributed by atoms with Crippen LogP contribution in [0.5, 0.6) is 0 Å². The first-order valence-electron chi connectivity index (χ1n) is 6.73. The van der Waals surface area contributed by atoms with Crippen LogP contribution in [0.15, 0.2) is 18.2 Å². The van der Waals surface area contributed by atoms with Gasteiger partial charge in [0.2, 0.25) is 0 Å². The molecule has 0 bridgehead atoms. The maximum Gasteiger partial charge on any atom is 0.146 e. The standard InChI is InChI=1S/C15H22FNO/c1-10(2)17(9-12-7-8-12)15-13(11(3)18)5-4-6-14(15)16/h4-6,10-12,18H,7-9H2,1-3H3/t11-/m0/s1. The summed E-state index contributed by atoms with van der Waals surface area (Å²) in [6.45, 7) is 6.72. The number of para-hydroxylation sites is 1. The van der Waals surface area contributed by atoms with Gasteiger partial charge in [-0.05, 0) is 45.6 Å². The minimum atomic E-state index is -0.642. The zero-order valence-electron chi connectivity index (χ0n) is 11.4. The van der Waals surface area contributed by atoms with E-state index in [-0.39, 0.29) is 11.9 Å². The summed E-state index contributed by atoms with van der Waals surface area (Å²) in [6, 6.07) is 5.19. The van der Waals surface area contributed by atoms with Crippen LogP contribution in [-0.4, -0.2) is 17.7 Å². The van der Waals surface area contributed by atoms with E-state index in [1.54, 1.807) is 13.0 Å². The molecule has 100 valence electrons. The molecule has 1 atom stereocenters. The van der Waals surface area contributed by atoms with Gasteiger partial charge in [0.1, 0.15) is 5.82 Å². The van der Waals surface area contributed by atoms with Crippen LogP contribution in [0.2, 0.25) is 0 Å². The van der Waals surface area contributed by atoms with Gasteiger partial charge in [0.05, 0.1) is 11.8 Å². The van der Waals surface area contributed by atoms with E-state index in [1.165, 1.54) is 18.9 Å². The predicted octanol–water partition coefficient (Wildman–Crippen LogP) is 3.50. The summed E-state index contributed by atoms with van der Waals surface area (Å²) in [5.41, 5.74) is 1.26. The second-order valence-electron chi connectivity index (χ2n) is 5.54. The molecule has 3 heteroatoms. The zero-order valence-corrected chi connectivity index (χ0v) is 11.4. The molecule has 0 radical (unpaired) electrons. The van der Waals surface area contributed by atoms with E-state index in [0.29, 0.717) is 17.2 Å². The number of hydrogen-bond donors (Lipinski definition) is 1. The van der Waals surface area contributed by atoms with Crippen molar-refractivity contribution < 1.29 is 9.50 Å². The molecule has 1 aliphatic carbocycles. The van der Waals surface area contributed by atoms with E-state index in [2.05, 4.69) is 18.7 Å². The Labute approximate surface area is 108 Å². The van der Waals surface area contributed by atoms with E-state index in [1.807, 2.05) is 6.07 Å². The van der Waals surface area contributed by atoms with Crippen molar-refractivity contribution in [2.75, 3.05) is 11.4 Å². The van der Waals surface area contributed by atoms with Gasteiger partial charge < -0.3 is 10.0 Å². The third kappa shape index (κ3) is 2.83. The van der Waals surface area contributed by atoms with Crippen molar-refractivity contribution in [2.24, 2.45) is 5.92 Å². The molecule has 1 fully saturated rings. The average molecular weight is 251 g/mol. The minimum absolute atomic E-state index is 0.234. The highest BCUT2D eigenvalue weighted by Gasteiger charge is 2.28. The molecule has 18 heavy (non-hydrogen) atoms. The van der Waals surface area contributed by atoms with Crippen LogP contribution >= 0.6 is 0 Å². The molecular formula is C15H22FNO. The van der Waals surface area contributed by atoms with Crippen LogP contribution < -0.4 is 4.90 Å². The summed E-state index contributed by atoms with van der Waals surface area (Å²) >= 11 is 0. The molecule has 1 aromatic carbocycles. The van der Waals surface area contributed by atoms with Gasteiger partial charge in [-0.25, -0.2) is 4.39 Å². The molecule has 1 N–H and O–H groups in total. The van der Waals surface area contributed by atoms with Crippen LogP contribution in [0, 0.1) is 11.7 Å². The molecule has 1 aliphatic rings. The van der Waals surface area contributed by atoms with E-state index < -0.39 is 6.10 Å². The topological polar surface area (TPSA) is 23.5 Å². The summed E-state index contributed by atoms with van der Waals surface area (Å²) in [5, 5.41) is 9.82. The fourth-order valence-corrected chi connectivity index (χ4v) is 2.31. The number of nitrogens with zero attached hydrogens (tertiary/aromatic N) is 1. The first-order chi connectivity index (χ1) is 8.50. The van der Waals surface area contributed by atoms with E-state index in [9.17, 15) is 9.50 Å². The van der Waals surface area contributed by atoms with Crippen molar-refractivity contribution in [3.8, 4) is 0 Å². The third-order valence-corrected chi connectivity index (χ3v) is 3.53. The van der Waals surface area contributed by atoms with Crippen molar-refractivity contribution in [3.63, 3.8) is 0 Å². The van der Waals surface area contributed by atoms with Crippen LogP contribution in [0.3, 0.4) is 0 Å². The second kappa shape index (κ2) is 5.27. The van der Waals surface area contributed by atoms with Gasteiger partial charge in [-0.1, -0.05) is 12.1 Å². The highest BCUT2D eigenvalue weighted by Crippen LogP contribution is 2.36. The molecule has 2 rings (SSSR count). The fourth-order valence-electron chi connectivity index (χ4n) is 2.31. The monoisotopic (exact) mass is 251 g/mol. The van der Waals surface area contributed by atoms with Crippen LogP contribution in [0.1, 0.15) is 45.3 Å². The lowest BCUT2D eigenvalue weighted by atomic mass is 10.0. The van der Waals surface area contributed by atoms with Crippen molar-refractivity contribution in [2.45, 2.75) is 45.8 Å². The first kappa shape index (κ1) is 13.3. The first-order valence-corrected chi connectivity index (χ1v) is 6.73. The fraction of sp³-hybridized carbons (Fsp3) is 0.600. The van der Waals surface area contributed by atoms with E-state index in [4.69, 9.17) is 0 Å². The number of rotatable bonds is 5. The minimum Gasteiger partial charge on any atom is -0.389 e. The lowest BCUT2D eigenvalue weighted by Gasteiger charge is -2.32. The third-order valence-electron chi connectivity index (χ3n) is 3.53. The summed E-state index contributed by atoms with van der Waals surface area (Å²) in [6.07, 6.45) is 1.83. The number of hydrogen-bond acceptors (Lipinski definition) is 2. The number of halogens is 1. The van der Waals surface area contributed by atoms with Crippen molar-refractivity contribution in [1.82, 2.24) is 0 Å². The van der Waals surface area contributed by atoms with Gasteiger partial charge in [-0.15, -0.1) is 0 Å². The van der Waals surface area contributed by atoms with E-state index in [0.717, 1.165) is 6.54 Å². The predicted molar refractivity (Wildman–Crippen MR) is 72.2 cm³/mol. The van der Waals surface area contributed by atoms with Gasteiger partial charge in [0, 0.05) is 18.2 Å². The number of anilines is 1. The summed E-state index contributed by atoms with van der Waals surface area (Å²) in [5.74, 6) is 0.455. The molecule has 0 aliphatic heterocycles. The highest BCUT2D eigenvalue weighted by atomic mass is 19.1. The normalized spacial score (nSPS) is 17.0. The molecular weight excluding hydrogens is 229 g/mol. The van der Waals surface area contributed by atoms with Gasteiger partial charge in [0.25, 0.3) is 0 Å². The Bertz CT molecular complexity index is 413. The molecule has 0 heterocycles. The smallest absolute Gasteiger partial charge is 0.146 e. The van der Waals surface area contributed by atoms with Crippen LogP contribution in [-0.2, 0) is 0 Å². The van der Waals surface area contributed by atoms with Gasteiger partial charge >= 0.3 is 0 Å². The molecule has 1 saturated carbocycles. The lowest BCUT2D eigenvalue weighted by molar-refractivity contribution is 0.199. The number of benzene rings is 1. The SMILES string of the molecule is CC(C)N(CC1CC1)c1c(F)cccc1[C@H](C)O. The quantitative estimate of drug-likeness (QED) is 0.865. The lowest BCUT2D eigenvalue weighted by Crippen LogP contribution is -2.34. The Kier molecular flexibility index (Phi) is 3.91. The highest BCUT2D eigenvalue weighted by molar-refractivity contribution is 5.56. The van der Waals surface area contributed by atoms with Gasteiger partial charge in [-0.2, -0.15) is 0 Å². The second-order valence-corrected chi connectivity index (χ2v) is 5.54. The Hall–Kier alpha value is -1.09. The van der Waals surface area contributed by atoms with Crippen LogP contribution in [0.4, 0.5) is 10.1 Å². The molecule has 0 spiro atoms. The number of aliphatic hydroxyl groups is 1. The Morgan fingerprint density at radius 3 is 2.50 bits per heavy atom. The molecule has 2 nitrogen and oxygen atoms in total. The van der Waals surface area contributed by atoms with Crippen molar-refractivity contribution in [3.05, 3.63) is 29.6 Å². The summed E-state index contributed by atoms with van der Waals surface area (Å²) < 4.78 is 14.1. The average Bonchev–Trinajstić information content (AvgIpc) is 3.09. The Balaban J connectivity index is 2.38. The maximum atomic E-state index is 14.1. The van der Waals surface area contributed by atoms with E-state index >= 15 is 0 Å². The zero-order chi connectivity index (χ0) is 13.3. The largest absolute Gasteiger partial charge is 0.389 e. The molecule has 0 amide bonds. The van der Waals surface area contributed by atoms with Gasteiger partial charge in [-0.3, -0.25) is 0 Å².